The lowest BCUT2D eigenvalue weighted by Crippen LogP contribution is -2.05. The van der Waals surface area contributed by atoms with E-state index in [9.17, 15) is 14.7 Å². The molecule has 6 heteroatoms. The second kappa shape index (κ2) is 6.51. The smallest absolute Gasteiger partial charge is 0.356 e. The maximum atomic E-state index is 11.2. The largest absolute Gasteiger partial charge is 0.507 e. The molecule has 21 heavy (non-hydrogen) atoms. The van der Waals surface area contributed by atoms with Crippen molar-refractivity contribution in [3.8, 4) is 11.5 Å². The molecular weight excluding hydrogens is 274 g/mol. The lowest BCUT2D eigenvalue weighted by molar-refractivity contribution is 0.0594. The summed E-state index contributed by atoms with van der Waals surface area (Å²) in [7, 11) is 1.28. The molecular formula is C15H13NO5. The fourth-order valence-electron chi connectivity index (χ4n) is 1.67. The van der Waals surface area contributed by atoms with Gasteiger partial charge in [0, 0.05) is 11.8 Å². The quantitative estimate of drug-likeness (QED) is 0.668. The van der Waals surface area contributed by atoms with E-state index in [1.54, 1.807) is 18.2 Å². The summed E-state index contributed by atoms with van der Waals surface area (Å²) in [5, 5.41) is 9.54. The highest BCUT2D eigenvalue weighted by Gasteiger charge is 2.09. The zero-order valence-corrected chi connectivity index (χ0v) is 11.3. The van der Waals surface area contributed by atoms with Crippen molar-refractivity contribution >= 4 is 12.3 Å². The molecule has 0 aliphatic carbocycles. The summed E-state index contributed by atoms with van der Waals surface area (Å²) in [5.74, 6) is -0.373. The minimum atomic E-state index is -0.515. The monoisotopic (exact) mass is 287 g/mol. The second-order valence-corrected chi connectivity index (χ2v) is 4.14. The van der Waals surface area contributed by atoms with Gasteiger partial charge in [0.2, 0.25) is 0 Å². The molecule has 0 amide bonds. The van der Waals surface area contributed by atoms with Gasteiger partial charge in [-0.2, -0.15) is 0 Å². The fraction of sp³-hybridized carbons (Fsp3) is 0.133. The van der Waals surface area contributed by atoms with Crippen LogP contribution >= 0.6 is 0 Å². The molecule has 0 aliphatic heterocycles. The predicted molar refractivity (Wildman–Crippen MR) is 73.4 cm³/mol. The SMILES string of the molecule is COC(=O)c1ccc(COc2cccc(O)c2C=O)cn1. The van der Waals surface area contributed by atoms with Crippen LogP contribution in [0.15, 0.2) is 36.5 Å². The topological polar surface area (TPSA) is 85.7 Å². The molecule has 0 saturated heterocycles. The average Bonchev–Trinajstić information content (AvgIpc) is 2.52. The molecule has 0 atom stereocenters. The maximum absolute atomic E-state index is 11.2. The number of aromatic hydroxyl groups is 1. The summed E-state index contributed by atoms with van der Waals surface area (Å²) in [5.41, 5.74) is 1.01. The first-order chi connectivity index (χ1) is 10.2. The van der Waals surface area contributed by atoms with Gasteiger partial charge in [0.25, 0.3) is 0 Å². The first kappa shape index (κ1) is 14.5. The van der Waals surface area contributed by atoms with Crippen molar-refractivity contribution in [3.05, 3.63) is 53.3 Å². The molecule has 1 heterocycles. The minimum Gasteiger partial charge on any atom is -0.507 e. The van der Waals surface area contributed by atoms with Gasteiger partial charge in [-0.15, -0.1) is 0 Å². The summed E-state index contributed by atoms with van der Waals surface area (Å²) in [4.78, 5) is 26.1. The number of methoxy groups -OCH3 is 1. The number of ether oxygens (including phenoxy) is 2. The molecule has 0 radical (unpaired) electrons. The number of aldehydes is 1. The van der Waals surface area contributed by atoms with Crippen LogP contribution in [0.3, 0.4) is 0 Å². The molecule has 2 rings (SSSR count). The highest BCUT2D eigenvalue weighted by atomic mass is 16.5. The highest BCUT2D eigenvalue weighted by Crippen LogP contribution is 2.26. The van der Waals surface area contributed by atoms with E-state index in [1.165, 1.54) is 25.4 Å². The van der Waals surface area contributed by atoms with Crippen molar-refractivity contribution in [2.75, 3.05) is 7.11 Å². The summed E-state index contributed by atoms with van der Waals surface area (Å²) < 4.78 is 10.0. The average molecular weight is 287 g/mol. The van der Waals surface area contributed by atoms with Crippen molar-refractivity contribution in [2.45, 2.75) is 6.61 Å². The Hall–Kier alpha value is -2.89. The van der Waals surface area contributed by atoms with Crippen molar-refractivity contribution < 1.29 is 24.2 Å². The third-order valence-electron chi connectivity index (χ3n) is 2.77. The molecule has 0 unspecified atom stereocenters. The van der Waals surface area contributed by atoms with Gasteiger partial charge in [-0.25, -0.2) is 9.78 Å². The predicted octanol–water partition coefficient (Wildman–Crippen LogP) is 1.97. The van der Waals surface area contributed by atoms with Gasteiger partial charge in [0.1, 0.15) is 23.8 Å². The van der Waals surface area contributed by atoms with Crippen LogP contribution in [0.25, 0.3) is 0 Å². The van der Waals surface area contributed by atoms with Crippen LogP contribution in [0.5, 0.6) is 11.5 Å². The van der Waals surface area contributed by atoms with Crippen molar-refractivity contribution in [1.82, 2.24) is 4.98 Å². The van der Waals surface area contributed by atoms with E-state index in [-0.39, 0.29) is 29.4 Å². The number of carbonyl (C=O) groups is 2. The first-order valence-electron chi connectivity index (χ1n) is 6.09. The van der Waals surface area contributed by atoms with Crippen LogP contribution in [0, 0.1) is 0 Å². The van der Waals surface area contributed by atoms with Gasteiger partial charge in [0.15, 0.2) is 6.29 Å². The van der Waals surface area contributed by atoms with Gasteiger partial charge < -0.3 is 14.6 Å². The van der Waals surface area contributed by atoms with Gasteiger partial charge in [0.05, 0.1) is 12.7 Å². The number of nitrogens with zero attached hydrogens (tertiary/aromatic N) is 1. The molecule has 0 saturated carbocycles. The molecule has 1 N–H and O–H groups in total. The van der Waals surface area contributed by atoms with Gasteiger partial charge in [-0.05, 0) is 18.2 Å². The van der Waals surface area contributed by atoms with Crippen molar-refractivity contribution in [1.29, 1.82) is 0 Å². The number of aromatic nitrogens is 1. The van der Waals surface area contributed by atoms with E-state index in [0.717, 1.165) is 0 Å². The lowest BCUT2D eigenvalue weighted by atomic mass is 10.2. The summed E-state index contributed by atoms with van der Waals surface area (Å²) in [6.45, 7) is 0.152. The number of hydrogen-bond acceptors (Lipinski definition) is 6. The van der Waals surface area contributed by atoms with Crippen LogP contribution < -0.4 is 4.74 Å². The number of benzene rings is 1. The molecule has 0 fully saturated rings. The third kappa shape index (κ3) is 3.36. The van der Waals surface area contributed by atoms with E-state index >= 15 is 0 Å². The lowest BCUT2D eigenvalue weighted by Gasteiger charge is -2.09. The summed E-state index contributed by atoms with van der Waals surface area (Å²) in [6.07, 6.45) is 2.01. The van der Waals surface area contributed by atoms with Crippen molar-refractivity contribution in [3.63, 3.8) is 0 Å². The Balaban J connectivity index is 2.08. The molecule has 1 aromatic carbocycles. The van der Waals surface area contributed by atoms with E-state index in [1.807, 2.05) is 0 Å². The zero-order valence-electron chi connectivity index (χ0n) is 11.3. The Morgan fingerprint density at radius 2 is 2.14 bits per heavy atom. The Bertz CT molecular complexity index is 652. The number of phenolic OH excluding ortho intramolecular Hbond substituents is 1. The van der Waals surface area contributed by atoms with E-state index in [4.69, 9.17) is 4.74 Å². The number of rotatable bonds is 5. The highest BCUT2D eigenvalue weighted by molar-refractivity contribution is 5.87. The first-order valence-corrected chi connectivity index (χ1v) is 6.09. The number of esters is 1. The van der Waals surface area contributed by atoms with E-state index < -0.39 is 5.97 Å². The third-order valence-corrected chi connectivity index (χ3v) is 2.77. The number of hydrogen-bond donors (Lipinski definition) is 1. The second-order valence-electron chi connectivity index (χ2n) is 4.14. The van der Waals surface area contributed by atoms with Gasteiger partial charge in [-0.1, -0.05) is 12.1 Å². The molecule has 1 aromatic heterocycles. The Labute approximate surface area is 121 Å². The number of phenols is 1. The number of pyridine rings is 1. The van der Waals surface area contributed by atoms with Crippen LogP contribution in [0.2, 0.25) is 0 Å². The summed E-state index contributed by atoms with van der Waals surface area (Å²) in [6, 6.07) is 7.76. The van der Waals surface area contributed by atoms with E-state index in [0.29, 0.717) is 11.8 Å². The molecule has 0 aliphatic rings. The molecule has 108 valence electrons. The van der Waals surface area contributed by atoms with Crippen molar-refractivity contribution in [2.24, 2.45) is 0 Å². The Kier molecular flexibility index (Phi) is 4.50. The van der Waals surface area contributed by atoms with Crippen LogP contribution in [-0.2, 0) is 11.3 Å². The molecule has 2 aromatic rings. The Morgan fingerprint density at radius 1 is 1.33 bits per heavy atom. The summed E-state index contributed by atoms with van der Waals surface area (Å²) >= 11 is 0. The van der Waals surface area contributed by atoms with Crippen LogP contribution in [-0.4, -0.2) is 29.5 Å². The van der Waals surface area contributed by atoms with Gasteiger partial charge in [-0.3, -0.25) is 4.79 Å². The number of carbonyl (C=O) groups excluding carboxylic acids is 2. The molecule has 0 spiro atoms. The van der Waals surface area contributed by atoms with E-state index in [2.05, 4.69) is 9.72 Å². The maximum Gasteiger partial charge on any atom is 0.356 e. The van der Waals surface area contributed by atoms with Crippen LogP contribution in [0.1, 0.15) is 26.4 Å². The standard InChI is InChI=1S/C15H13NO5/c1-20-15(19)12-6-5-10(7-16-12)9-21-14-4-2-3-13(18)11(14)8-17/h2-8,18H,9H2,1H3. The molecule has 0 bridgehead atoms. The Morgan fingerprint density at radius 3 is 2.76 bits per heavy atom. The zero-order chi connectivity index (χ0) is 15.2. The fourth-order valence-corrected chi connectivity index (χ4v) is 1.67. The normalized spacial score (nSPS) is 9.95. The minimum absolute atomic E-state index is 0.0941. The van der Waals surface area contributed by atoms with Gasteiger partial charge >= 0.3 is 5.97 Å². The van der Waals surface area contributed by atoms with Crippen LogP contribution in [0.4, 0.5) is 0 Å². The molecule has 6 nitrogen and oxygen atoms in total.